The minimum absolute atomic E-state index is 0.287. The van der Waals surface area contributed by atoms with Gasteiger partial charge in [-0.1, -0.05) is 44.2 Å². The molecule has 122 valence electrons. The van der Waals surface area contributed by atoms with Crippen LogP contribution in [0.4, 0.5) is 13.2 Å². The van der Waals surface area contributed by atoms with Crippen LogP contribution in [0.25, 0.3) is 0 Å². The molecule has 0 aliphatic carbocycles. The lowest BCUT2D eigenvalue weighted by Gasteiger charge is -2.35. The predicted octanol–water partition coefficient (Wildman–Crippen LogP) is 4.78. The maximum Gasteiger partial charge on any atom is 0.416 e. The Bertz CT molecular complexity index is 511. The molecule has 1 saturated heterocycles. The molecule has 2 unspecified atom stereocenters. The summed E-state index contributed by atoms with van der Waals surface area (Å²) in [4.78, 5) is 2.32. The van der Waals surface area contributed by atoms with Crippen molar-refractivity contribution in [2.75, 3.05) is 19.6 Å². The molecule has 2 atom stereocenters. The van der Waals surface area contributed by atoms with Crippen molar-refractivity contribution >= 4 is 0 Å². The third-order valence-corrected chi connectivity index (χ3v) is 4.15. The zero-order chi connectivity index (χ0) is 16.3. The van der Waals surface area contributed by atoms with Gasteiger partial charge in [-0.2, -0.15) is 13.2 Å². The number of hydrogen-bond acceptors (Lipinski definition) is 1. The average Bonchev–Trinajstić information content (AvgIpc) is 2.36. The van der Waals surface area contributed by atoms with Gasteiger partial charge in [0.05, 0.1) is 5.56 Å². The molecule has 0 aromatic heterocycles. The molecule has 22 heavy (non-hydrogen) atoms. The molecule has 1 nitrogen and oxygen atoms in total. The van der Waals surface area contributed by atoms with E-state index in [4.69, 9.17) is 0 Å². The van der Waals surface area contributed by atoms with Crippen LogP contribution in [0.2, 0.25) is 0 Å². The summed E-state index contributed by atoms with van der Waals surface area (Å²) in [6, 6.07) is 5.79. The lowest BCUT2D eigenvalue weighted by Crippen LogP contribution is -2.39. The third kappa shape index (κ3) is 4.60. The Morgan fingerprint density at radius 3 is 2.36 bits per heavy atom. The molecule has 1 fully saturated rings. The van der Waals surface area contributed by atoms with E-state index in [0.29, 0.717) is 23.9 Å². The number of likely N-dealkylation sites (tertiary alicyclic amines) is 1. The van der Waals surface area contributed by atoms with Crippen molar-refractivity contribution in [3.63, 3.8) is 0 Å². The van der Waals surface area contributed by atoms with Crippen molar-refractivity contribution in [2.24, 2.45) is 11.8 Å². The van der Waals surface area contributed by atoms with Gasteiger partial charge < -0.3 is 0 Å². The van der Waals surface area contributed by atoms with Gasteiger partial charge in [0, 0.05) is 19.6 Å². The zero-order valence-corrected chi connectivity index (χ0v) is 13.3. The van der Waals surface area contributed by atoms with Crippen molar-refractivity contribution in [3.05, 3.63) is 47.5 Å². The second-order valence-electron chi connectivity index (χ2n) is 6.72. The highest BCUT2D eigenvalue weighted by atomic mass is 19.4. The van der Waals surface area contributed by atoms with Crippen LogP contribution < -0.4 is 0 Å². The maximum absolute atomic E-state index is 13.0. The molecular weight excluding hydrogens is 287 g/mol. The number of nitrogens with zero attached hydrogens (tertiary/aromatic N) is 1. The number of benzene rings is 1. The largest absolute Gasteiger partial charge is 0.416 e. The van der Waals surface area contributed by atoms with Gasteiger partial charge in [0.2, 0.25) is 0 Å². The van der Waals surface area contributed by atoms with Crippen molar-refractivity contribution in [1.29, 1.82) is 0 Å². The Kier molecular flexibility index (Phi) is 5.32. The molecule has 0 N–H and O–H groups in total. The molecular formula is C18H24F3N. The number of rotatable bonds is 4. The molecule has 0 amide bonds. The van der Waals surface area contributed by atoms with E-state index in [9.17, 15) is 13.2 Å². The van der Waals surface area contributed by atoms with Crippen molar-refractivity contribution in [1.82, 2.24) is 4.90 Å². The minimum atomic E-state index is -4.30. The highest BCUT2D eigenvalue weighted by Crippen LogP contribution is 2.33. The van der Waals surface area contributed by atoms with E-state index in [2.05, 4.69) is 25.3 Å². The standard InChI is InChI=1S/C18H24F3N/c1-13-8-14(2)11-22(10-13)12-15(3)9-16-6-4-5-7-17(16)18(19,20)21/h4-7,13-14H,3,8-12H2,1-2H3. The highest BCUT2D eigenvalue weighted by Gasteiger charge is 2.33. The lowest BCUT2D eigenvalue weighted by atomic mass is 9.91. The van der Waals surface area contributed by atoms with Gasteiger partial charge >= 0.3 is 6.18 Å². The van der Waals surface area contributed by atoms with E-state index in [1.165, 1.54) is 12.5 Å². The minimum Gasteiger partial charge on any atom is -0.299 e. The number of hydrogen-bond donors (Lipinski definition) is 0. The monoisotopic (exact) mass is 311 g/mol. The van der Waals surface area contributed by atoms with Gasteiger partial charge in [-0.3, -0.25) is 4.90 Å². The van der Waals surface area contributed by atoms with Crippen LogP contribution in [-0.2, 0) is 12.6 Å². The molecule has 1 heterocycles. The summed E-state index contributed by atoms with van der Waals surface area (Å²) in [5, 5.41) is 0. The summed E-state index contributed by atoms with van der Waals surface area (Å²) >= 11 is 0. The number of alkyl halides is 3. The first-order valence-electron chi connectivity index (χ1n) is 7.79. The van der Waals surface area contributed by atoms with Crippen LogP contribution in [-0.4, -0.2) is 24.5 Å². The Labute approximate surface area is 130 Å². The average molecular weight is 311 g/mol. The Morgan fingerprint density at radius 1 is 1.18 bits per heavy atom. The Hall–Kier alpha value is -1.29. The fourth-order valence-corrected chi connectivity index (χ4v) is 3.51. The molecule has 0 radical (unpaired) electrons. The van der Waals surface area contributed by atoms with Crippen LogP contribution in [0.3, 0.4) is 0 Å². The van der Waals surface area contributed by atoms with E-state index in [-0.39, 0.29) is 6.42 Å². The van der Waals surface area contributed by atoms with Crippen molar-refractivity contribution < 1.29 is 13.2 Å². The smallest absolute Gasteiger partial charge is 0.299 e. The Morgan fingerprint density at radius 2 is 1.77 bits per heavy atom. The van der Waals surface area contributed by atoms with E-state index < -0.39 is 11.7 Å². The van der Waals surface area contributed by atoms with E-state index >= 15 is 0 Å². The van der Waals surface area contributed by atoms with E-state index in [0.717, 1.165) is 24.7 Å². The second kappa shape index (κ2) is 6.86. The molecule has 1 aliphatic heterocycles. The molecule has 0 saturated carbocycles. The molecule has 1 aromatic rings. The van der Waals surface area contributed by atoms with E-state index in [1.54, 1.807) is 12.1 Å². The molecule has 0 spiro atoms. The topological polar surface area (TPSA) is 3.24 Å². The molecule has 1 aromatic carbocycles. The summed E-state index contributed by atoms with van der Waals surface area (Å²) in [7, 11) is 0. The molecule has 1 aliphatic rings. The molecule has 0 bridgehead atoms. The lowest BCUT2D eigenvalue weighted by molar-refractivity contribution is -0.138. The van der Waals surface area contributed by atoms with Crippen molar-refractivity contribution in [2.45, 2.75) is 32.9 Å². The fraction of sp³-hybridized carbons (Fsp3) is 0.556. The predicted molar refractivity (Wildman–Crippen MR) is 83.7 cm³/mol. The van der Waals surface area contributed by atoms with Gasteiger partial charge in [-0.15, -0.1) is 0 Å². The summed E-state index contributed by atoms with van der Waals surface area (Å²) in [5.74, 6) is 1.28. The molecule has 2 rings (SSSR count). The van der Waals surface area contributed by atoms with Gasteiger partial charge in [-0.25, -0.2) is 0 Å². The van der Waals surface area contributed by atoms with Crippen LogP contribution in [0, 0.1) is 11.8 Å². The Balaban J connectivity index is 2.01. The zero-order valence-electron chi connectivity index (χ0n) is 13.3. The van der Waals surface area contributed by atoms with Crippen LogP contribution in [0.1, 0.15) is 31.4 Å². The first kappa shape index (κ1) is 17.1. The second-order valence-corrected chi connectivity index (χ2v) is 6.72. The summed E-state index contributed by atoms with van der Waals surface area (Å²) in [6.45, 7) is 11.2. The quantitative estimate of drug-likeness (QED) is 0.723. The fourth-order valence-electron chi connectivity index (χ4n) is 3.51. The highest BCUT2D eigenvalue weighted by molar-refractivity contribution is 5.32. The van der Waals surface area contributed by atoms with Gasteiger partial charge in [0.1, 0.15) is 0 Å². The SMILES string of the molecule is C=C(Cc1ccccc1C(F)(F)F)CN1CC(C)CC(C)C1. The van der Waals surface area contributed by atoms with E-state index in [1.807, 2.05) is 0 Å². The van der Waals surface area contributed by atoms with Gasteiger partial charge in [0.25, 0.3) is 0 Å². The summed E-state index contributed by atoms with van der Waals surface area (Å²) < 4.78 is 39.1. The van der Waals surface area contributed by atoms with Gasteiger partial charge in [0.15, 0.2) is 0 Å². The van der Waals surface area contributed by atoms with Crippen LogP contribution in [0.5, 0.6) is 0 Å². The van der Waals surface area contributed by atoms with Crippen molar-refractivity contribution in [3.8, 4) is 0 Å². The number of piperidine rings is 1. The first-order chi connectivity index (χ1) is 10.3. The van der Waals surface area contributed by atoms with Crippen LogP contribution >= 0.6 is 0 Å². The summed E-state index contributed by atoms with van der Waals surface area (Å²) in [5.41, 5.74) is 0.618. The normalized spacial score (nSPS) is 23.5. The third-order valence-electron chi connectivity index (χ3n) is 4.15. The van der Waals surface area contributed by atoms with Gasteiger partial charge in [-0.05, 0) is 36.3 Å². The number of halogens is 3. The maximum atomic E-state index is 13.0. The molecule has 4 heteroatoms. The summed E-state index contributed by atoms with van der Waals surface area (Å²) in [6.07, 6.45) is -2.79. The van der Waals surface area contributed by atoms with Crippen LogP contribution in [0.15, 0.2) is 36.4 Å². The first-order valence-corrected chi connectivity index (χ1v) is 7.79.